The van der Waals surface area contributed by atoms with Crippen LogP contribution in [0.2, 0.25) is 19.6 Å². The maximum Gasteiger partial charge on any atom is 0.263 e. The van der Waals surface area contributed by atoms with Gasteiger partial charge in [-0.2, -0.15) is 0 Å². The Labute approximate surface area is 174 Å². The molecule has 1 atom stereocenters. The number of ether oxygens (including phenoxy) is 1. The van der Waals surface area contributed by atoms with Gasteiger partial charge in [0, 0.05) is 24.7 Å². The fraction of sp³-hybridized carbons (Fsp3) is 0.240. The van der Waals surface area contributed by atoms with Crippen LogP contribution in [0.5, 0.6) is 0 Å². The first-order chi connectivity index (χ1) is 13.9. The van der Waals surface area contributed by atoms with Crippen molar-refractivity contribution in [1.82, 2.24) is 0 Å². The number of aromatic nitrogens is 1. The molecule has 2 N–H and O–H groups in total. The number of pyridine rings is 1. The molecule has 2 rings (SSSR count). The number of H-pyrrole nitrogens is 1. The van der Waals surface area contributed by atoms with Gasteiger partial charge in [-0.1, -0.05) is 49.7 Å². The second kappa shape index (κ2) is 10.9. The molecule has 1 heterocycles. The normalized spacial score (nSPS) is 10.7. The van der Waals surface area contributed by atoms with Crippen LogP contribution in [0.4, 0.5) is 0 Å². The van der Waals surface area contributed by atoms with E-state index in [9.17, 15) is 5.11 Å². The summed E-state index contributed by atoms with van der Waals surface area (Å²) in [6.07, 6.45) is 0.781. The average Bonchev–Trinajstić information content (AvgIpc) is 2.69. The van der Waals surface area contributed by atoms with Crippen molar-refractivity contribution in [1.29, 1.82) is 0 Å². The molecule has 4 heteroatoms. The quantitative estimate of drug-likeness (QED) is 0.638. The topological polar surface area (TPSA) is 43.6 Å². The van der Waals surface area contributed by atoms with Gasteiger partial charge in [0.1, 0.15) is 14.2 Å². The van der Waals surface area contributed by atoms with Crippen molar-refractivity contribution in [2.45, 2.75) is 32.4 Å². The van der Waals surface area contributed by atoms with Gasteiger partial charge in [0.25, 0.3) is 5.69 Å². The second-order valence-electron chi connectivity index (χ2n) is 7.26. The summed E-state index contributed by atoms with van der Waals surface area (Å²) in [5.74, 6) is 20.1. The van der Waals surface area contributed by atoms with E-state index in [1.807, 2.05) is 24.3 Å². The first-order valence-electron chi connectivity index (χ1n) is 9.21. The summed E-state index contributed by atoms with van der Waals surface area (Å²) in [6.45, 7) is 6.94. The Morgan fingerprint density at radius 1 is 1.00 bits per heavy atom. The molecule has 0 amide bonds. The molecule has 29 heavy (non-hydrogen) atoms. The minimum absolute atomic E-state index is 0.500. The van der Waals surface area contributed by atoms with Crippen molar-refractivity contribution < 1.29 is 14.8 Å². The van der Waals surface area contributed by atoms with E-state index in [1.54, 1.807) is 25.4 Å². The lowest BCUT2D eigenvalue weighted by molar-refractivity contribution is -0.383. The van der Waals surface area contributed by atoms with Gasteiger partial charge in [-0.25, -0.2) is 4.98 Å². The average molecular weight is 399 g/mol. The zero-order valence-electron chi connectivity index (χ0n) is 17.2. The Balaban J connectivity index is 2.22. The molecule has 0 radical (unpaired) electrons. The summed E-state index contributed by atoms with van der Waals surface area (Å²) >= 11 is 0. The molecule has 0 saturated carbocycles. The fourth-order valence-electron chi connectivity index (χ4n) is 2.30. The number of benzene rings is 1. The van der Waals surface area contributed by atoms with Crippen LogP contribution < -0.4 is 4.98 Å². The van der Waals surface area contributed by atoms with E-state index in [0.29, 0.717) is 17.9 Å². The lowest BCUT2D eigenvalue weighted by Gasteiger charge is -2.02. The highest BCUT2D eigenvalue weighted by molar-refractivity contribution is 6.83. The van der Waals surface area contributed by atoms with E-state index in [4.69, 9.17) is 4.74 Å². The monoisotopic (exact) mass is 398 g/mol. The number of rotatable bonds is 3. The number of aliphatic hydroxyl groups is 1. The van der Waals surface area contributed by atoms with E-state index < -0.39 is 14.2 Å². The Morgan fingerprint density at radius 2 is 1.76 bits per heavy atom. The summed E-state index contributed by atoms with van der Waals surface area (Å²) in [5, 5.41) is 10.4. The van der Waals surface area contributed by atoms with Gasteiger partial charge in [-0.15, -0.1) is 5.54 Å². The Kier molecular flexibility index (Phi) is 8.30. The standard InChI is InChI=1S/C25H23NO2Si/c1-28-20-22-14-6-5-12-21(22)13-7-8-16-24-23(15-11-18-26-24)25(27)17-9-10-19-29(2,3)4/h5-6,11-12,14-15,18,25,27H,20H2,1-4H3/p+1. The molecule has 0 bridgehead atoms. The smallest absolute Gasteiger partial charge is 0.263 e. The summed E-state index contributed by atoms with van der Waals surface area (Å²) in [6, 6.07) is 11.4. The number of nitrogens with one attached hydrogen (secondary N) is 1. The van der Waals surface area contributed by atoms with Crippen LogP contribution >= 0.6 is 0 Å². The highest BCUT2D eigenvalue weighted by atomic mass is 28.3. The van der Waals surface area contributed by atoms with E-state index in [-0.39, 0.29) is 0 Å². The van der Waals surface area contributed by atoms with Crippen LogP contribution in [0.1, 0.15) is 28.5 Å². The lowest BCUT2D eigenvalue weighted by atomic mass is 10.1. The van der Waals surface area contributed by atoms with Crippen LogP contribution in [0.15, 0.2) is 42.6 Å². The maximum atomic E-state index is 10.4. The van der Waals surface area contributed by atoms with Crippen molar-refractivity contribution in [2.75, 3.05) is 7.11 Å². The number of methoxy groups -OCH3 is 1. The molecule has 1 aromatic carbocycles. The first kappa shape index (κ1) is 22.0. The molecule has 0 aliphatic carbocycles. The molecule has 0 aliphatic rings. The lowest BCUT2D eigenvalue weighted by Crippen LogP contribution is -2.16. The van der Waals surface area contributed by atoms with Gasteiger partial charge in [-0.3, -0.25) is 0 Å². The molecule has 1 aromatic heterocycles. The molecule has 1 unspecified atom stereocenters. The van der Waals surface area contributed by atoms with E-state index in [2.05, 4.69) is 71.6 Å². The van der Waals surface area contributed by atoms with Gasteiger partial charge in [0.2, 0.25) is 0 Å². The molecule has 144 valence electrons. The van der Waals surface area contributed by atoms with Gasteiger partial charge in [0.15, 0.2) is 6.20 Å². The van der Waals surface area contributed by atoms with Crippen LogP contribution in [-0.4, -0.2) is 20.3 Å². The molecular weight excluding hydrogens is 374 g/mol. The van der Waals surface area contributed by atoms with Gasteiger partial charge >= 0.3 is 0 Å². The molecule has 0 spiro atoms. The fourth-order valence-corrected chi connectivity index (χ4v) is 2.74. The van der Waals surface area contributed by atoms with E-state index >= 15 is 0 Å². The summed E-state index contributed by atoms with van der Waals surface area (Å²) in [5.41, 5.74) is 6.23. The zero-order chi connectivity index (χ0) is 21.1. The molecule has 0 fully saturated rings. The summed E-state index contributed by atoms with van der Waals surface area (Å²) < 4.78 is 5.19. The zero-order valence-corrected chi connectivity index (χ0v) is 18.2. The second-order valence-corrected chi connectivity index (χ2v) is 12.0. The van der Waals surface area contributed by atoms with Gasteiger partial charge in [0.05, 0.1) is 12.2 Å². The highest BCUT2D eigenvalue weighted by Crippen LogP contribution is 2.12. The van der Waals surface area contributed by atoms with Crippen LogP contribution in [0.3, 0.4) is 0 Å². The predicted octanol–water partition coefficient (Wildman–Crippen LogP) is 2.97. The molecule has 3 nitrogen and oxygen atoms in total. The van der Waals surface area contributed by atoms with E-state index in [1.165, 1.54) is 0 Å². The summed E-state index contributed by atoms with van der Waals surface area (Å²) in [7, 11) is 0.179. The molecule has 0 aliphatic heterocycles. The molecule has 0 saturated heterocycles. The number of aromatic amines is 1. The third kappa shape index (κ3) is 7.71. The minimum atomic E-state index is -1.48. The van der Waals surface area contributed by atoms with Crippen LogP contribution in [0.25, 0.3) is 0 Å². The van der Waals surface area contributed by atoms with Crippen molar-refractivity contribution in [3.8, 4) is 47.0 Å². The van der Waals surface area contributed by atoms with Crippen molar-refractivity contribution in [3.05, 3.63) is 65.0 Å². The van der Waals surface area contributed by atoms with Crippen molar-refractivity contribution >= 4 is 8.07 Å². The third-order valence-electron chi connectivity index (χ3n) is 3.66. The Bertz CT molecular complexity index is 1100. The maximum absolute atomic E-state index is 10.4. The van der Waals surface area contributed by atoms with Crippen molar-refractivity contribution in [3.63, 3.8) is 0 Å². The number of hydrogen-bond donors (Lipinski definition) is 1. The van der Waals surface area contributed by atoms with E-state index in [0.717, 1.165) is 11.1 Å². The van der Waals surface area contributed by atoms with Crippen LogP contribution in [0, 0.1) is 47.0 Å². The van der Waals surface area contributed by atoms with Gasteiger partial charge in [-0.05, 0) is 41.4 Å². The predicted molar refractivity (Wildman–Crippen MR) is 118 cm³/mol. The molecular formula is C25H24NO2Si+. The Hall–Kier alpha value is -3.25. The largest absolute Gasteiger partial charge is 0.380 e. The minimum Gasteiger partial charge on any atom is -0.380 e. The number of hydrogen-bond acceptors (Lipinski definition) is 2. The third-order valence-corrected chi connectivity index (χ3v) is 4.53. The Morgan fingerprint density at radius 3 is 2.52 bits per heavy atom. The van der Waals surface area contributed by atoms with Crippen LogP contribution in [-0.2, 0) is 11.3 Å². The molecule has 2 aromatic rings. The van der Waals surface area contributed by atoms with Crippen molar-refractivity contribution in [2.24, 2.45) is 0 Å². The van der Waals surface area contributed by atoms with Gasteiger partial charge < -0.3 is 9.84 Å². The summed E-state index contributed by atoms with van der Waals surface area (Å²) in [4.78, 5) is 3.04. The SMILES string of the molecule is COCc1ccccc1C#CC#Cc1[nH+]cccc1C(O)C#CC#C[Si](C)(C)C. The highest BCUT2D eigenvalue weighted by Gasteiger charge is 2.13. The number of aliphatic hydroxyl groups excluding tert-OH is 1. The first-order valence-corrected chi connectivity index (χ1v) is 12.7.